The van der Waals surface area contributed by atoms with Gasteiger partial charge in [0.1, 0.15) is 0 Å². The molecule has 0 amide bonds. The van der Waals surface area contributed by atoms with E-state index >= 15 is 0 Å². The van der Waals surface area contributed by atoms with Gasteiger partial charge in [0.2, 0.25) is 0 Å². The van der Waals surface area contributed by atoms with E-state index in [1.54, 1.807) is 0 Å². The second-order valence-electron chi connectivity index (χ2n) is 5.67. The van der Waals surface area contributed by atoms with Gasteiger partial charge in [-0.05, 0) is 63.9 Å². The number of nitrogens with one attached hydrogen (secondary N) is 1. The van der Waals surface area contributed by atoms with Gasteiger partial charge in [-0.3, -0.25) is 0 Å². The third-order valence-corrected chi connectivity index (χ3v) is 4.05. The SMILES string of the molecule is CCCNC(C)c1cc(Br)ccc1N(CCC)C(C)C. The summed E-state index contributed by atoms with van der Waals surface area (Å²) in [5.74, 6) is 0. The lowest BCUT2D eigenvalue weighted by Crippen LogP contribution is -2.33. The Balaban J connectivity index is 3.10. The van der Waals surface area contributed by atoms with Crippen molar-refractivity contribution < 1.29 is 0 Å². The molecule has 0 spiro atoms. The van der Waals surface area contributed by atoms with Crippen LogP contribution in [0, 0.1) is 0 Å². The molecule has 0 bridgehead atoms. The van der Waals surface area contributed by atoms with Crippen molar-refractivity contribution in [1.82, 2.24) is 5.32 Å². The average Bonchev–Trinajstić information content (AvgIpc) is 2.42. The maximum atomic E-state index is 3.61. The first-order valence-electron chi connectivity index (χ1n) is 7.80. The maximum absolute atomic E-state index is 3.61. The standard InChI is InChI=1S/C17H29BrN2/c1-6-10-19-14(5)16-12-15(18)8-9-17(16)20(11-7-2)13(3)4/h8-9,12-14,19H,6-7,10-11H2,1-5H3. The van der Waals surface area contributed by atoms with Gasteiger partial charge in [0.15, 0.2) is 0 Å². The predicted molar refractivity (Wildman–Crippen MR) is 93.6 cm³/mol. The summed E-state index contributed by atoms with van der Waals surface area (Å²) in [7, 11) is 0. The first-order valence-corrected chi connectivity index (χ1v) is 8.60. The molecule has 0 aliphatic carbocycles. The van der Waals surface area contributed by atoms with Gasteiger partial charge < -0.3 is 10.2 Å². The van der Waals surface area contributed by atoms with Crippen molar-refractivity contribution in [1.29, 1.82) is 0 Å². The van der Waals surface area contributed by atoms with Gasteiger partial charge >= 0.3 is 0 Å². The van der Waals surface area contributed by atoms with Crippen LogP contribution >= 0.6 is 15.9 Å². The van der Waals surface area contributed by atoms with Gasteiger partial charge in [-0.15, -0.1) is 0 Å². The molecule has 1 aromatic rings. The molecular weight excluding hydrogens is 312 g/mol. The van der Waals surface area contributed by atoms with E-state index in [1.165, 1.54) is 17.7 Å². The highest BCUT2D eigenvalue weighted by atomic mass is 79.9. The smallest absolute Gasteiger partial charge is 0.0417 e. The van der Waals surface area contributed by atoms with Gasteiger partial charge in [-0.25, -0.2) is 0 Å². The number of anilines is 1. The van der Waals surface area contributed by atoms with Crippen LogP contribution in [0.4, 0.5) is 5.69 Å². The van der Waals surface area contributed by atoms with Crippen molar-refractivity contribution in [3.05, 3.63) is 28.2 Å². The molecule has 0 saturated heterocycles. The maximum Gasteiger partial charge on any atom is 0.0417 e. The van der Waals surface area contributed by atoms with Crippen LogP contribution in [0.25, 0.3) is 0 Å². The van der Waals surface area contributed by atoms with Crippen molar-refractivity contribution in [3.63, 3.8) is 0 Å². The van der Waals surface area contributed by atoms with Crippen LogP contribution in [0.3, 0.4) is 0 Å². The van der Waals surface area contributed by atoms with Crippen molar-refractivity contribution in [2.45, 2.75) is 59.5 Å². The van der Waals surface area contributed by atoms with E-state index in [1.807, 2.05) is 0 Å². The van der Waals surface area contributed by atoms with Crippen LogP contribution in [0.2, 0.25) is 0 Å². The van der Waals surface area contributed by atoms with E-state index in [2.05, 4.69) is 79.0 Å². The Morgan fingerprint density at radius 1 is 1.15 bits per heavy atom. The molecule has 1 rings (SSSR count). The molecule has 1 aromatic carbocycles. The Hall–Kier alpha value is -0.540. The van der Waals surface area contributed by atoms with Crippen LogP contribution in [-0.2, 0) is 0 Å². The Bertz CT molecular complexity index is 404. The van der Waals surface area contributed by atoms with E-state index in [-0.39, 0.29) is 0 Å². The molecule has 0 aromatic heterocycles. The molecule has 1 unspecified atom stereocenters. The fourth-order valence-corrected chi connectivity index (χ4v) is 2.88. The van der Waals surface area contributed by atoms with E-state index in [0.29, 0.717) is 12.1 Å². The zero-order chi connectivity index (χ0) is 15.1. The minimum Gasteiger partial charge on any atom is -0.369 e. The van der Waals surface area contributed by atoms with Gasteiger partial charge in [-0.2, -0.15) is 0 Å². The summed E-state index contributed by atoms with van der Waals surface area (Å²) in [4.78, 5) is 2.51. The fraction of sp³-hybridized carbons (Fsp3) is 0.647. The van der Waals surface area contributed by atoms with E-state index in [0.717, 1.165) is 24.0 Å². The summed E-state index contributed by atoms with van der Waals surface area (Å²) in [5, 5.41) is 3.60. The molecule has 0 fully saturated rings. The number of rotatable bonds is 8. The van der Waals surface area contributed by atoms with Crippen molar-refractivity contribution in [3.8, 4) is 0 Å². The predicted octanol–water partition coefficient (Wildman–Crippen LogP) is 5.13. The lowest BCUT2D eigenvalue weighted by molar-refractivity contribution is 0.565. The van der Waals surface area contributed by atoms with E-state index in [4.69, 9.17) is 0 Å². The monoisotopic (exact) mass is 340 g/mol. The van der Waals surface area contributed by atoms with Crippen LogP contribution in [-0.4, -0.2) is 19.1 Å². The second kappa shape index (κ2) is 8.68. The Labute approximate surface area is 133 Å². The van der Waals surface area contributed by atoms with Crippen molar-refractivity contribution in [2.75, 3.05) is 18.0 Å². The molecular formula is C17H29BrN2. The summed E-state index contributed by atoms with van der Waals surface area (Å²) in [6, 6.07) is 7.55. The normalized spacial score (nSPS) is 12.8. The van der Waals surface area contributed by atoms with E-state index < -0.39 is 0 Å². The van der Waals surface area contributed by atoms with Gasteiger partial charge in [0.25, 0.3) is 0 Å². The molecule has 1 atom stereocenters. The molecule has 0 radical (unpaired) electrons. The molecule has 0 aliphatic heterocycles. The average molecular weight is 341 g/mol. The third-order valence-electron chi connectivity index (χ3n) is 3.55. The van der Waals surface area contributed by atoms with Crippen LogP contribution in [0.1, 0.15) is 59.1 Å². The quantitative estimate of drug-likeness (QED) is 0.705. The highest BCUT2D eigenvalue weighted by Crippen LogP contribution is 2.31. The zero-order valence-electron chi connectivity index (χ0n) is 13.5. The number of benzene rings is 1. The Morgan fingerprint density at radius 2 is 1.85 bits per heavy atom. The fourth-order valence-electron chi connectivity index (χ4n) is 2.50. The van der Waals surface area contributed by atoms with Gasteiger partial charge in [-0.1, -0.05) is 29.8 Å². The molecule has 3 heteroatoms. The van der Waals surface area contributed by atoms with Crippen molar-refractivity contribution in [2.24, 2.45) is 0 Å². The van der Waals surface area contributed by atoms with Gasteiger partial charge in [0.05, 0.1) is 0 Å². The molecule has 1 N–H and O–H groups in total. The molecule has 114 valence electrons. The highest BCUT2D eigenvalue weighted by Gasteiger charge is 2.17. The first kappa shape index (κ1) is 17.5. The molecule has 20 heavy (non-hydrogen) atoms. The topological polar surface area (TPSA) is 15.3 Å². The number of hydrogen-bond acceptors (Lipinski definition) is 2. The summed E-state index contributed by atoms with van der Waals surface area (Å²) in [6.07, 6.45) is 2.33. The largest absolute Gasteiger partial charge is 0.369 e. The summed E-state index contributed by atoms with van der Waals surface area (Å²) < 4.78 is 1.15. The molecule has 0 aliphatic rings. The van der Waals surface area contributed by atoms with Gasteiger partial charge in [0, 0.05) is 28.8 Å². The third kappa shape index (κ3) is 4.78. The first-order chi connectivity index (χ1) is 9.51. The summed E-state index contributed by atoms with van der Waals surface area (Å²) >= 11 is 3.61. The van der Waals surface area contributed by atoms with Crippen molar-refractivity contribution >= 4 is 21.6 Å². The van der Waals surface area contributed by atoms with Crippen LogP contribution in [0.15, 0.2) is 22.7 Å². The van der Waals surface area contributed by atoms with Crippen LogP contribution < -0.4 is 10.2 Å². The molecule has 0 heterocycles. The Morgan fingerprint density at radius 3 is 2.40 bits per heavy atom. The lowest BCUT2D eigenvalue weighted by Gasteiger charge is -2.32. The zero-order valence-corrected chi connectivity index (χ0v) is 15.1. The van der Waals surface area contributed by atoms with E-state index in [9.17, 15) is 0 Å². The highest BCUT2D eigenvalue weighted by molar-refractivity contribution is 9.10. The number of hydrogen-bond donors (Lipinski definition) is 1. The Kier molecular flexibility index (Phi) is 7.60. The summed E-state index contributed by atoms with van der Waals surface area (Å²) in [5.41, 5.74) is 2.75. The molecule has 0 saturated carbocycles. The minimum atomic E-state index is 0.376. The number of nitrogens with zero attached hydrogens (tertiary/aromatic N) is 1. The summed E-state index contributed by atoms with van der Waals surface area (Å²) in [6.45, 7) is 13.4. The second-order valence-corrected chi connectivity index (χ2v) is 6.58. The van der Waals surface area contributed by atoms with Crippen LogP contribution in [0.5, 0.6) is 0 Å². The molecule has 2 nitrogen and oxygen atoms in total. The lowest BCUT2D eigenvalue weighted by atomic mass is 10.0. The number of halogens is 1. The minimum absolute atomic E-state index is 0.376.